The summed E-state index contributed by atoms with van der Waals surface area (Å²) in [4.78, 5) is 0. The van der Waals surface area contributed by atoms with Crippen molar-refractivity contribution in [3.05, 3.63) is 23.8 Å². The largest absolute Gasteiger partial charge is 0.492 e. The Bertz CT molecular complexity index is 325. The number of nitrogens with one attached hydrogen (secondary N) is 1. The van der Waals surface area contributed by atoms with E-state index in [9.17, 15) is 0 Å². The first-order chi connectivity index (χ1) is 6.86. The van der Waals surface area contributed by atoms with Gasteiger partial charge in [0.2, 0.25) is 0 Å². The lowest BCUT2D eigenvalue weighted by Gasteiger charge is -2.09. The van der Waals surface area contributed by atoms with Gasteiger partial charge in [0.05, 0.1) is 12.3 Å². The van der Waals surface area contributed by atoms with Gasteiger partial charge >= 0.3 is 0 Å². The SMILES string of the molecule is CCOc1cccc2c1NCC2CN. The molecule has 3 N–H and O–H groups in total. The van der Waals surface area contributed by atoms with Crippen LogP contribution in [-0.4, -0.2) is 19.7 Å². The maximum absolute atomic E-state index is 5.69. The summed E-state index contributed by atoms with van der Waals surface area (Å²) in [6, 6.07) is 6.14. The van der Waals surface area contributed by atoms with Gasteiger partial charge in [-0.1, -0.05) is 12.1 Å². The second kappa shape index (κ2) is 3.88. The molecule has 0 fully saturated rings. The summed E-state index contributed by atoms with van der Waals surface area (Å²) in [6.45, 7) is 4.31. The molecule has 76 valence electrons. The van der Waals surface area contributed by atoms with E-state index in [0.717, 1.165) is 18.0 Å². The van der Waals surface area contributed by atoms with Crippen molar-refractivity contribution >= 4 is 5.69 Å². The fourth-order valence-corrected chi connectivity index (χ4v) is 1.90. The molecule has 0 aromatic heterocycles. The summed E-state index contributed by atoms with van der Waals surface area (Å²) >= 11 is 0. The maximum atomic E-state index is 5.69. The third-order valence-electron chi connectivity index (χ3n) is 2.61. The average molecular weight is 192 g/mol. The zero-order valence-electron chi connectivity index (χ0n) is 8.42. The Morgan fingerprint density at radius 2 is 2.43 bits per heavy atom. The molecule has 0 amide bonds. The molecule has 0 aliphatic carbocycles. The second-order valence-corrected chi connectivity index (χ2v) is 3.47. The molecule has 3 nitrogen and oxygen atoms in total. The van der Waals surface area contributed by atoms with Crippen LogP contribution in [0.4, 0.5) is 5.69 Å². The van der Waals surface area contributed by atoms with Crippen molar-refractivity contribution in [3.8, 4) is 5.75 Å². The molecular formula is C11H16N2O. The molecule has 14 heavy (non-hydrogen) atoms. The van der Waals surface area contributed by atoms with Crippen LogP contribution in [0.15, 0.2) is 18.2 Å². The zero-order chi connectivity index (χ0) is 9.97. The van der Waals surface area contributed by atoms with E-state index >= 15 is 0 Å². The molecule has 1 aliphatic rings. The van der Waals surface area contributed by atoms with Gasteiger partial charge in [-0.2, -0.15) is 0 Å². The molecule has 3 heteroatoms. The predicted molar refractivity (Wildman–Crippen MR) is 57.9 cm³/mol. The van der Waals surface area contributed by atoms with Crippen LogP contribution < -0.4 is 15.8 Å². The van der Waals surface area contributed by atoms with Gasteiger partial charge in [-0.25, -0.2) is 0 Å². The van der Waals surface area contributed by atoms with Crippen LogP contribution >= 0.6 is 0 Å². The Labute approximate surface area is 84.3 Å². The predicted octanol–water partition coefficient (Wildman–Crippen LogP) is 1.55. The zero-order valence-corrected chi connectivity index (χ0v) is 8.42. The lowest BCUT2D eigenvalue weighted by atomic mass is 10.0. The molecule has 0 saturated heterocycles. The van der Waals surface area contributed by atoms with Gasteiger partial charge in [-0.3, -0.25) is 0 Å². The second-order valence-electron chi connectivity index (χ2n) is 3.47. The topological polar surface area (TPSA) is 47.3 Å². The van der Waals surface area contributed by atoms with Crippen molar-refractivity contribution in [1.82, 2.24) is 0 Å². The van der Waals surface area contributed by atoms with Crippen molar-refractivity contribution in [2.45, 2.75) is 12.8 Å². The van der Waals surface area contributed by atoms with Gasteiger partial charge in [0.25, 0.3) is 0 Å². The van der Waals surface area contributed by atoms with E-state index in [1.54, 1.807) is 0 Å². The molecule has 1 aliphatic heterocycles. The first kappa shape index (κ1) is 9.34. The van der Waals surface area contributed by atoms with Gasteiger partial charge in [0.15, 0.2) is 0 Å². The molecular weight excluding hydrogens is 176 g/mol. The van der Waals surface area contributed by atoms with Crippen LogP contribution in [0.1, 0.15) is 18.4 Å². The highest BCUT2D eigenvalue weighted by molar-refractivity contribution is 5.66. The molecule has 1 atom stereocenters. The summed E-state index contributed by atoms with van der Waals surface area (Å²) < 4.78 is 5.54. The molecule has 0 bridgehead atoms. The first-order valence-electron chi connectivity index (χ1n) is 5.06. The highest BCUT2D eigenvalue weighted by atomic mass is 16.5. The van der Waals surface area contributed by atoms with Crippen LogP contribution in [0.5, 0.6) is 5.75 Å². The lowest BCUT2D eigenvalue weighted by Crippen LogP contribution is -2.13. The monoisotopic (exact) mass is 192 g/mol. The van der Waals surface area contributed by atoms with Gasteiger partial charge in [0.1, 0.15) is 5.75 Å². The Morgan fingerprint density at radius 1 is 1.57 bits per heavy atom. The number of fused-ring (bicyclic) bond motifs is 1. The van der Waals surface area contributed by atoms with Crippen LogP contribution in [-0.2, 0) is 0 Å². The number of para-hydroxylation sites is 1. The van der Waals surface area contributed by atoms with Crippen molar-refractivity contribution in [2.24, 2.45) is 5.73 Å². The minimum atomic E-state index is 0.436. The van der Waals surface area contributed by atoms with E-state index in [-0.39, 0.29) is 0 Å². The van der Waals surface area contributed by atoms with Gasteiger partial charge < -0.3 is 15.8 Å². The quantitative estimate of drug-likeness (QED) is 0.764. The molecule has 0 spiro atoms. The number of hydrogen-bond acceptors (Lipinski definition) is 3. The van der Waals surface area contributed by atoms with E-state index in [0.29, 0.717) is 19.1 Å². The molecule has 0 radical (unpaired) electrons. The minimum absolute atomic E-state index is 0.436. The van der Waals surface area contributed by atoms with Crippen molar-refractivity contribution in [1.29, 1.82) is 0 Å². The molecule has 2 rings (SSSR count). The summed E-state index contributed by atoms with van der Waals surface area (Å²) in [5, 5.41) is 3.35. The summed E-state index contributed by atoms with van der Waals surface area (Å²) in [5.41, 5.74) is 8.11. The van der Waals surface area contributed by atoms with Crippen LogP contribution in [0.3, 0.4) is 0 Å². The maximum Gasteiger partial charge on any atom is 0.142 e. The van der Waals surface area contributed by atoms with Crippen molar-refractivity contribution < 1.29 is 4.74 Å². The molecule has 1 aromatic rings. The van der Waals surface area contributed by atoms with Gasteiger partial charge in [-0.05, 0) is 18.6 Å². The fourth-order valence-electron chi connectivity index (χ4n) is 1.90. The molecule has 1 aromatic carbocycles. The fraction of sp³-hybridized carbons (Fsp3) is 0.455. The van der Waals surface area contributed by atoms with E-state index in [2.05, 4.69) is 11.4 Å². The van der Waals surface area contributed by atoms with E-state index in [1.807, 2.05) is 19.1 Å². The summed E-state index contributed by atoms with van der Waals surface area (Å²) in [7, 11) is 0. The Hall–Kier alpha value is -1.22. The number of rotatable bonds is 3. The number of hydrogen-bond donors (Lipinski definition) is 2. The highest BCUT2D eigenvalue weighted by Crippen LogP contribution is 2.37. The van der Waals surface area contributed by atoms with E-state index in [1.165, 1.54) is 5.56 Å². The smallest absolute Gasteiger partial charge is 0.142 e. The number of benzene rings is 1. The van der Waals surface area contributed by atoms with Crippen LogP contribution in [0, 0.1) is 0 Å². The number of anilines is 1. The number of ether oxygens (including phenoxy) is 1. The lowest BCUT2D eigenvalue weighted by molar-refractivity contribution is 0.342. The van der Waals surface area contributed by atoms with Gasteiger partial charge in [-0.15, -0.1) is 0 Å². The van der Waals surface area contributed by atoms with E-state index in [4.69, 9.17) is 10.5 Å². The average Bonchev–Trinajstić information content (AvgIpc) is 2.62. The third kappa shape index (κ3) is 1.44. The highest BCUT2D eigenvalue weighted by Gasteiger charge is 2.23. The summed E-state index contributed by atoms with van der Waals surface area (Å²) in [5.74, 6) is 1.38. The van der Waals surface area contributed by atoms with Gasteiger partial charge in [0, 0.05) is 19.0 Å². The van der Waals surface area contributed by atoms with Crippen LogP contribution in [0.2, 0.25) is 0 Å². The minimum Gasteiger partial charge on any atom is -0.492 e. The normalized spacial score (nSPS) is 18.9. The Balaban J connectivity index is 2.34. The molecule has 1 unspecified atom stereocenters. The number of nitrogens with two attached hydrogens (primary N) is 1. The Morgan fingerprint density at radius 3 is 3.14 bits per heavy atom. The Kier molecular flexibility index (Phi) is 2.59. The van der Waals surface area contributed by atoms with E-state index < -0.39 is 0 Å². The third-order valence-corrected chi connectivity index (χ3v) is 2.61. The van der Waals surface area contributed by atoms with Crippen LogP contribution in [0.25, 0.3) is 0 Å². The molecule has 1 heterocycles. The standard InChI is InChI=1S/C11H16N2O/c1-2-14-10-5-3-4-9-8(6-12)7-13-11(9)10/h3-5,8,13H,2,6-7,12H2,1H3. The van der Waals surface area contributed by atoms with Crippen molar-refractivity contribution in [3.63, 3.8) is 0 Å². The first-order valence-corrected chi connectivity index (χ1v) is 5.06. The molecule has 0 saturated carbocycles. The van der Waals surface area contributed by atoms with Crippen molar-refractivity contribution in [2.75, 3.05) is 25.0 Å². The summed E-state index contributed by atoms with van der Waals surface area (Å²) in [6.07, 6.45) is 0.